The molecule has 2 aromatic carbocycles. The van der Waals surface area contributed by atoms with E-state index in [1.807, 2.05) is 0 Å². The molecule has 7 nitrogen and oxygen atoms in total. The number of ether oxygens (including phenoxy) is 1. The van der Waals surface area contributed by atoms with Crippen molar-refractivity contribution in [2.24, 2.45) is 10.7 Å². The molecule has 3 aromatic rings. The highest BCUT2D eigenvalue weighted by molar-refractivity contribution is 7.10. The number of aliphatic hydroxyl groups is 1. The van der Waals surface area contributed by atoms with Crippen molar-refractivity contribution >= 4 is 28.1 Å². The van der Waals surface area contributed by atoms with Gasteiger partial charge >= 0.3 is 0 Å². The number of amidine groups is 1. The molecule has 9 heteroatoms. The maximum atomic E-state index is 12.9. The van der Waals surface area contributed by atoms with Crippen molar-refractivity contribution in [3.8, 4) is 11.5 Å². The first kappa shape index (κ1) is 18.6. The predicted octanol–water partition coefficient (Wildman–Crippen LogP) is 2.81. The van der Waals surface area contributed by atoms with Gasteiger partial charge in [0.1, 0.15) is 33.7 Å². The molecular formula is C18H17FN4O3S. The van der Waals surface area contributed by atoms with Crippen molar-refractivity contribution in [1.82, 2.24) is 4.37 Å². The van der Waals surface area contributed by atoms with E-state index in [9.17, 15) is 9.18 Å². The highest BCUT2D eigenvalue weighted by Gasteiger charge is 2.14. The van der Waals surface area contributed by atoms with Gasteiger partial charge in [0.05, 0.1) is 13.2 Å². The lowest BCUT2D eigenvalue weighted by Gasteiger charge is -2.08. The molecular weight excluding hydrogens is 371 g/mol. The Labute approximate surface area is 158 Å². The van der Waals surface area contributed by atoms with Gasteiger partial charge in [-0.05, 0) is 60.1 Å². The number of halogens is 1. The molecule has 5 N–H and O–H groups in total. The topological polar surface area (TPSA) is 113 Å². The predicted molar refractivity (Wildman–Crippen MR) is 104 cm³/mol. The number of hydrogen-bond donors (Lipinski definition) is 4. The van der Waals surface area contributed by atoms with Crippen LogP contribution in [0.5, 0.6) is 11.5 Å². The Bertz CT molecular complexity index is 981. The van der Waals surface area contributed by atoms with Gasteiger partial charge in [-0.15, -0.1) is 0 Å². The average Bonchev–Trinajstić information content (AvgIpc) is 3.03. The fourth-order valence-electron chi connectivity index (χ4n) is 2.25. The van der Waals surface area contributed by atoms with E-state index in [0.717, 1.165) is 11.5 Å². The van der Waals surface area contributed by atoms with Crippen LogP contribution in [-0.2, 0) is 0 Å². The van der Waals surface area contributed by atoms with Crippen molar-refractivity contribution in [1.29, 1.82) is 0 Å². The van der Waals surface area contributed by atoms with Crippen LogP contribution in [0.4, 0.5) is 15.1 Å². The third-order valence-electron chi connectivity index (χ3n) is 3.50. The second-order valence-electron chi connectivity index (χ2n) is 5.43. The van der Waals surface area contributed by atoms with Crippen LogP contribution < -0.4 is 21.3 Å². The molecule has 0 aliphatic rings. The molecule has 0 spiro atoms. The van der Waals surface area contributed by atoms with Gasteiger partial charge in [0.15, 0.2) is 0 Å². The molecule has 0 unspecified atom stereocenters. The molecule has 1 aromatic heterocycles. The van der Waals surface area contributed by atoms with Gasteiger partial charge in [-0.2, -0.15) is 0 Å². The maximum absolute atomic E-state index is 12.9. The highest BCUT2D eigenvalue weighted by atomic mass is 32.1. The molecule has 0 saturated heterocycles. The number of aromatic nitrogens is 1. The molecule has 1 heterocycles. The van der Waals surface area contributed by atoms with Gasteiger partial charge in [0.25, 0.3) is 5.56 Å². The van der Waals surface area contributed by atoms with Crippen molar-refractivity contribution < 1.29 is 14.2 Å². The van der Waals surface area contributed by atoms with Crippen molar-refractivity contribution in [3.63, 3.8) is 0 Å². The largest absolute Gasteiger partial charge is 0.457 e. The summed E-state index contributed by atoms with van der Waals surface area (Å²) in [5.74, 6) is 0.838. The van der Waals surface area contributed by atoms with E-state index in [4.69, 9.17) is 15.6 Å². The average molecular weight is 388 g/mol. The van der Waals surface area contributed by atoms with E-state index >= 15 is 0 Å². The van der Waals surface area contributed by atoms with Gasteiger partial charge in [0, 0.05) is 5.69 Å². The molecule has 0 atom stereocenters. The minimum Gasteiger partial charge on any atom is -0.457 e. The summed E-state index contributed by atoms with van der Waals surface area (Å²) in [5.41, 5.74) is 6.44. The monoisotopic (exact) mass is 388 g/mol. The summed E-state index contributed by atoms with van der Waals surface area (Å²) in [6.45, 7) is -0.0308. The zero-order valence-electron chi connectivity index (χ0n) is 14.1. The number of rotatable bonds is 7. The Morgan fingerprint density at radius 2 is 1.81 bits per heavy atom. The first-order chi connectivity index (χ1) is 13.1. The van der Waals surface area contributed by atoms with Crippen LogP contribution in [0.3, 0.4) is 0 Å². The molecule has 0 amide bonds. The minimum atomic E-state index is -0.349. The zero-order valence-corrected chi connectivity index (χ0v) is 14.9. The van der Waals surface area contributed by atoms with Crippen LogP contribution in [0.1, 0.15) is 5.56 Å². The smallest absolute Gasteiger partial charge is 0.271 e. The zero-order chi connectivity index (χ0) is 19.2. The van der Waals surface area contributed by atoms with Gasteiger partial charge in [-0.1, -0.05) is 0 Å². The fourth-order valence-corrected chi connectivity index (χ4v) is 3.01. The summed E-state index contributed by atoms with van der Waals surface area (Å²) in [6.07, 6.45) is 0. The van der Waals surface area contributed by atoms with Crippen molar-refractivity contribution in [2.45, 2.75) is 0 Å². The number of nitrogens with one attached hydrogen (secondary N) is 2. The molecule has 0 saturated carbocycles. The number of nitrogens with two attached hydrogens (primary N) is 1. The van der Waals surface area contributed by atoms with E-state index < -0.39 is 0 Å². The second-order valence-corrected chi connectivity index (χ2v) is 6.25. The van der Waals surface area contributed by atoms with Crippen molar-refractivity contribution in [3.05, 3.63) is 70.3 Å². The van der Waals surface area contributed by atoms with E-state index in [2.05, 4.69) is 14.7 Å². The Morgan fingerprint density at radius 1 is 1.19 bits per heavy atom. The first-order valence-corrected chi connectivity index (χ1v) is 8.81. The Kier molecular flexibility index (Phi) is 5.84. The molecule has 0 aliphatic heterocycles. The highest BCUT2D eigenvalue weighted by Crippen LogP contribution is 2.26. The number of benzene rings is 2. The van der Waals surface area contributed by atoms with E-state index in [0.29, 0.717) is 22.2 Å². The number of anilines is 2. The Morgan fingerprint density at radius 3 is 2.44 bits per heavy atom. The number of aromatic amines is 1. The second kappa shape index (κ2) is 8.47. The van der Waals surface area contributed by atoms with Crippen LogP contribution in [0.2, 0.25) is 0 Å². The van der Waals surface area contributed by atoms with Crippen LogP contribution in [0.15, 0.2) is 58.3 Å². The fraction of sp³-hybridized carbons (Fsp3) is 0.111. The number of aliphatic hydroxyl groups excluding tert-OH is 1. The summed E-state index contributed by atoms with van der Waals surface area (Å²) in [5, 5.41) is 12.5. The lowest BCUT2D eigenvalue weighted by molar-refractivity contribution is 0.307. The lowest BCUT2D eigenvalue weighted by atomic mass is 10.2. The molecule has 0 aliphatic carbocycles. The van der Waals surface area contributed by atoms with E-state index in [1.54, 1.807) is 36.4 Å². The molecule has 0 fully saturated rings. The number of aliphatic imine (C=N–C) groups is 1. The standard InChI is InChI=1S/C18H17FN4O3S/c19-11-1-5-13(6-2-11)26-14-7-3-12(4-8-14)22-18-15(17(25)23-27-18)16(20)21-9-10-24/h1-8,22,24H,9-10H2,(H2,20,21)(H,23,25). The summed E-state index contributed by atoms with van der Waals surface area (Å²) in [4.78, 5) is 15.9. The molecule has 0 radical (unpaired) electrons. The summed E-state index contributed by atoms with van der Waals surface area (Å²) < 4.78 is 21.2. The summed E-state index contributed by atoms with van der Waals surface area (Å²) >= 11 is 1.10. The Balaban J connectivity index is 1.74. The molecule has 0 bridgehead atoms. The third-order valence-corrected chi connectivity index (χ3v) is 4.30. The van der Waals surface area contributed by atoms with E-state index in [1.165, 1.54) is 12.1 Å². The maximum Gasteiger partial charge on any atom is 0.271 e. The summed E-state index contributed by atoms with van der Waals surface area (Å²) in [7, 11) is 0. The van der Waals surface area contributed by atoms with Crippen LogP contribution in [0.25, 0.3) is 0 Å². The third kappa shape index (κ3) is 4.72. The van der Waals surface area contributed by atoms with E-state index in [-0.39, 0.29) is 35.9 Å². The van der Waals surface area contributed by atoms with Crippen LogP contribution in [-0.4, -0.2) is 28.5 Å². The SMILES string of the molecule is NC(=NCCO)c1c(Nc2ccc(Oc3ccc(F)cc3)cc2)s[nH]c1=O. The van der Waals surface area contributed by atoms with Gasteiger partial charge in [-0.25, -0.2) is 4.39 Å². The number of H-pyrrole nitrogens is 1. The normalized spacial score (nSPS) is 11.4. The van der Waals surface area contributed by atoms with Crippen LogP contribution >= 0.6 is 11.5 Å². The van der Waals surface area contributed by atoms with Crippen LogP contribution in [0, 0.1) is 5.82 Å². The number of nitrogens with zero attached hydrogens (tertiary/aromatic N) is 1. The Hall–Kier alpha value is -3.17. The van der Waals surface area contributed by atoms with Gasteiger partial charge < -0.3 is 20.9 Å². The molecule has 140 valence electrons. The first-order valence-electron chi connectivity index (χ1n) is 8.00. The van der Waals surface area contributed by atoms with Gasteiger partial charge in [0.2, 0.25) is 0 Å². The minimum absolute atomic E-state index is 0.0605. The van der Waals surface area contributed by atoms with Crippen molar-refractivity contribution in [2.75, 3.05) is 18.5 Å². The molecule has 3 rings (SSSR count). The molecule has 27 heavy (non-hydrogen) atoms. The van der Waals surface area contributed by atoms with Gasteiger partial charge in [-0.3, -0.25) is 14.2 Å². The summed E-state index contributed by atoms with van der Waals surface area (Å²) in [6, 6.07) is 12.8. The quantitative estimate of drug-likeness (QED) is 0.367. The number of hydrogen-bond acceptors (Lipinski definition) is 6. The lowest BCUT2D eigenvalue weighted by Crippen LogP contribution is -2.22.